The van der Waals surface area contributed by atoms with Gasteiger partial charge in [-0.1, -0.05) is 48.5 Å². The van der Waals surface area contributed by atoms with Crippen LogP contribution in [0.25, 0.3) is 0 Å². The van der Waals surface area contributed by atoms with Crippen LogP contribution in [0, 0.1) is 25.2 Å². The highest BCUT2D eigenvalue weighted by Crippen LogP contribution is 2.27. The second kappa shape index (κ2) is 12.7. The van der Waals surface area contributed by atoms with E-state index in [1.54, 1.807) is 0 Å². The molecule has 0 spiro atoms. The summed E-state index contributed by atoms with van der Waals surface area (Å²) in [5.74, 6) is 0.0105. The zero-order valence-electron chi connectivity index (χ0n) is 21.4. The van der Waals surface area contributed by atoms with E-state index in [0.29, 0.717) is 31.6 Å². The number of nitriles is 1. The van der Waals surface area contributed by atoms with E-state index >= 15 is 0 Å². The van der Waals surface area contributed by atoms with E-state index in [4.69, 9.17) is 5.26 Å². The summed E-state index contributed by atoms with van der Waals surface area (Å²) in [6, 6.07) is 23.9. The van der Waals surface area contributed by atoms with Crippen molar-refractivity contribution in [3.05, 3.63) is 118 Å². The van der Waals surface area contributed by atoms with Crippen LogP contribution in [0.4, 0.5) is 5.69 Å². The van der Waals surface area contributed by atoms with Crippen molar-refractivity contribution < 1.29 is 4.79 Å². The van der Waals surface area contributed by atoms with Crippen molar-refractivity contribution >= 4 is 36.4 Å². The molecule has 8 heteroatoms. The lowest BCUT2D eigenvalue weighted by atomic mass is 9.93. The number of hydrogen-bond donors (Lipinski definition) is 1. The molecule has 4 aromatic rings. The van der Waals surface area contributed by atoms with E-state index in [2.05, 4.69) is 57.0 Å². The number of imidazole rings is 1. The minimum Gasteiger partial charge on any atom is -0.329 e. The van der Waals surface area contributed by atoms with Gasteiger partial charge in [0.2, 0.25) is 5.91 Å². The van der Waals surface area contributed by atoms with E-state index in [-0.39, 0.29) is 36.8 Å². The molecule has 2 heterocycles. The van der Waals surface area contributed by atoms with Gasteiger partial charge in [-0.15, -0.1) is 24.8 Å². The van der Waals surface area contributed by atoms with Crippen LogP contribution in [0.2, 0.25) is 0 Å². The number of aryl methyl sites for hydroxylation is 1. The fraction of sp³-hybridized carbons (Fsp3) is 0.233. The molecule has 1 aliphatic heterocycles. The average molecular weight is 549 g/mol. The summed E-state index contributed by atoms with van der Waals surface area (Å²) in [7, 11) is 0. The molecule has 196 valence electrons. The highest BCUT2D eigenvalue weighted by molar-refractivity contribution is 5.96. The molecule has 1 N–H and O–H groups in total. The Morgan fingerprint density at radius 2 is 1.74 bits per heavy atom. The van der Waals surface area contributed by atoms with Crippen molar-refractivity contribution in [2.45, 2.75) is 45.9 Å². The number of benzene rings is 3. The summed E-state index contributed by atoms with van der Waals surface area (Å²) in [5.41, 5.74) is 8.38. The van der Waals surface area contributed by atoms with Gasteiger partial charge in [0, 0.05) is 31.5 Å². The number of nitrogens with zero attached hydrogens (tertiary/aromatic N) is 4. The van der Waals surface area contributed by atoms with Crippen LogP contribution in [0.1, 0.15) is 39.1 Å². The normalized spacial score (nSPS) is 14.4. The number of halogens is 2. The van der Waals surface area contributed by atoms with Crippen LogP contribution in [0.5, 0.6) is 0 Å². The molecule has 0 bridgehead atoms. The van der Waals surface area contributed by atoms with Crippen LogP contribution in [0.3, 0.4) is 0 Å². The van der Waals surface area contributed by atoms with Crippen molar-refractivity contribution in [2.75, 3.05) is 5.32 Å². The van der Waals surface area contributed by atoms with Gasteiger partial charge in [0.05, 0.1) is 29.7 Å². The molecule has 0 saturated heterocycles. The third kappa shape index (κ3) is 6.25. The van der Waals surface area contributed by atoms with Gasteiger partial charge >= 0.3 is 0 Å². The highest BCUT2D eigenvalue weighted by Gasteiger charge is 2.32. The third-order valence-corrected chi connectivity index (χ3v) is 7.11. The molecule has 0 fully saturated rings. The molecule has 5 rings (SSSR count). The molecular weight excluding hydrogens is 517 g/mol. The predicted octanol–water partition coefficient (Wildman–Crippen LogP) is 5.83. The topological polar surface area (TPSA) is 74.0 Å². The number of anilines is 1. The summed E-state index contributed by atoms with van der Waals surface area (Å²) >= 11 is 0. The summed E-state index contributed by atoms with van der Waals surface area (Å²) in [6.07, 6.45) is 4.37. The summed E-state index contributed by atoms with van der Waals surface area (Å²) in [4.78, 5) is 20.3. The lowest BCUT2D eigenvalue weighted by Crippen LogP contribution is -2.47. The second-order valence-corrected chi connectivity index (χ2v) is 9.45. The standard InChI is InChI=1S/C30H29N5O.2ClH/c1-21-6-5-9-28(22(21)2)33-30(36)29-14-25-7-3-4-8-26(25)18-34(29)19-27-16-32-20-35(27)17-24-12-10-23(15-31)11-13-24;;/h3-13,16,20,29H,14,17-19H2,1-2H3,(H,33,36);2*1H/t29-;;/m1../s1. The fourth-order valence-electron chi connectivity index (χ4n) is 4.82. The van der Waals surface area contributed by atoms with Crippen LogP contribution in [-0.2, 0) is 30.8 Å². The number of hydrogen-bond acceptors (Lipinski definition) is 4. The Morgan fingerprint density at radius 1 is 1.00 bits per heavy atom. The largest absolute Gasteiger partial charge is 0.329 e. The Kier molecular flexibility index (Phi) is 9.71. The molecule has 6 nitrogen and oxygen atoms in total. The van der Waals surface area contributed by atoms with Crippen molar-refractivity contribution in [3.63, 3.8) is 0 Å². The maximum absolute atomic E-state index is 13.6. The molecule has 0 radical (unpaired) electrons. The first kappa shape index (κ1) is 28.9. The van der Waals surface area contributed by atoms with Crippen LogP contribution in [-0.4, -0.2) is 26.4 Å². The van der Waals surface area contributed by atoms with Gasteiger partial charge in [0.1, 0.15) is 0 Å². The van der Waals surface area contributed by atoms with Crippen molar-refractivity contribution in [1.82, 2.24) is 14.5 Å². The van der Waals surface area contributed by atoms with Gasteiger partial charge in [-0.2, -0.15) is 5.26 Å². The van der Waals surface area contributed by atoms with E-state index < -0.39 is 0 Å². The Morgan fingerprint density at radius 3 is 2.47 bits per heavy atom. The SMILES string of the molecule is Cc1cccc(NC(=O)[C@H]2Cc3ccccc3CN2Cc2cncn2Cc2ccc(C#N)cc2)c1C.Cl.Cl. The minimum absolute atomic E-state index is 0. The molecule has 0 aliphatic carbocycles. The second-order valence-electron chi connectivity index (χ2n) is 9.45. The number of aromatic nitrogens is 2. The molecule has 0 unspecified atom stereocenters. The quantitative estimate of drug-likeness (QED) is 0.329. The zero-order valence-corrected chi connectivity index (χ0v) is 23.1. The monoisotopic (exact) mass is 547 g/mol. The molecular formula is C30H31Cl2N5O. The van der Waals surface area contributed by atoms with Crippen LogP contribution in [0.15, 0.2) is 79.3 Å². The molecule has 1 aliphatic rings. The number of nitrogens with one attached hydrogen (secondary N) is 1. The molecule has 38 heavy (non-hydrogen) atoms. The molecule has 1 atom stereocenters. The van der Waals surface area contributed by atoms with Crippen LogP contribution >= 0.6 is 24.8 Å². The number of amides is 1. The first-order chi connectivity index (χ1) is 17.5. The minimum atomic E-state index is -0.293. The van der Waals surface area contributed by atoms with E-state index in [1.807, 2.05) is 61.9 Å². The molecule has 1 amide bonds. The number of carbonyl (C=O) groups is 1. The van der Waals surface area contributed by atoms with Crippen LogP contribution < -0.4 is 5.32 Å². The van der Waals surface area contributed by atoms with Gasteiger partial charge in [0.15, 0.2) is 0 Å². The number of rotatable bonds is 6. The van der Waals surface area contributed by atoms with Gasteiger partial charge < -0.3 is 9.88 Å². The average Bonchev–Trinajstić information content (AvgIpc) is 3.33. The summed E-state index contributed by atoms with van der Waals surface area (Å²) in [6.45, 7) is 6.06. The Bertz CT molecular complexity index is 1440. The Hall–Kier alpha value is -3.63. The molecule has 1 aromatic heterocycles. The lowest BCUT2D eigenvalue weighted by Gasteiger charge is -2.36. The Labute approximate surface area is 236 Å². The van der Waals surface area contributed by atoms with Crippen molar-refractivity contribution in [1.29, 1.82) is 5.26 Å². The summed E-state index contributed by atoms with van der Waals surface area (Å²) in [5, 5.41) is 12.3. The maximum Gasteiger partial charge on any atom is 0.242 e. The molecule has 3 aromatic carbocycles. The molecule has 0 saturated carbocycles. The predicted molar refractivity (Wildman–Crippen MR) is 155 cm³/mol. The first-order valence-electron chi connectivity index (χ1n) is 12.2. The Balaban J connectivity index is 0.00000200. The van der Waals surface area contributed by atoms with E-state index in [0.717, 1.165) is 28.1 Å². The maximum atomic E-state index is 13.6. The zero-order chi connectivity index (χ0) is 25.1. The smallest absolute Gasteiger partial charge is 0.242 e. The highest BCUT2D eigenvalue weighted by atomic mass is 35.5. The van der Waals surface area contributed by atoms with Gasteiger partial charge in [-0.05, 0) is 66.3 Å². The van der Waals surface area contributed by atoms with Gasteiger partial charge in [-0.3, -0.25) is 9.69 Å². The number of fused-ring (bicyclic) bond motifs is 1. The van der Waals surface area contributed by atoms with Gasteiger partial charge in [0.25, 0.3) is 0 Å². The third-order valence-electron chi connectivity index (χ3n) is 7.11. The first-order valence-corrected chi connectivity index (χ1v) is 12.2. The lowest BCUT2D eigenvalue weighted by molar-refractivity contribution is -0.122. The summed E-state index contributed by atoms with van der Waals surface area (Å²) < 4.78 is 2.11. The van der Waals surface area contributed by atoms with Crippen molar-refractivity contribution in [2.24, 2.45) is 0 Å². The fourth-order valence-corrected chi connectivity index (χ4v) is 4.82. The van der Waals surface area contributed by atoms with E-state index in [1.165, 1.54) is 11.1 Å². The number of carbonyl (C=O) groups excluding carboxylic acids is 1. The van der Waals surface area contributed by atoms with Gasteiger partial charge in [-0.25, -0.2) is 4.98 Å². The van der Waals surface area contributed by atoms with E-state index in [9.17, 15) is 4.79 Å². The van der Waals surface area contributed by atoms with Crippen molar-refractivity contribution in [3.8, 4) is 6.07 Å².